The first-order valence-corrected chi connectivity index (χ1v) is 8.88. The number of hydrogen-bond donors (Lipinski definition) is 2. The van der Waals surface area contributed by atoms with Gasteiger partial charge in [-0.05, 0) is 50.4 Å². The Balaban J connectivity index is 1.81. The number of nitrogens with two attached hydrogens (primary N) is 1. The molecule has 4 nitrogen and oxygen atoms in total. The summed E-state index contributed by atoms with van der Waals surface area (Å²) in [7, 11) is 0. The van der Waals surface area contributed by atoms with Crippen LogP contribution in [-0.4, -0.2) is 29.4 Å². The smallest absolute Gasteiger partial charge is 0.240 e. The van der Waals surface area contributed by atoms with Crippen LogP contribution in [0.25, 0.3) is 0 Å². The van der Waals surface area contributed by atoms with Crippen molar-refractivity contribution >= 4 is 5.91 Å². The monoisotopic (exact) mass is 317 g/mol. The second-order valence-electron chi connectivity index (χ2n) is 7.00. The maximum absolute atomic E-state index is 12.1. The Bertz CT molecular complexity index is 490. The zero-order valence-electron chi connectivity index (χ0n) is 14.6. The van der Waals surface area contributed by atoms with Gasteiger partial charge in [-0.1, -0.05) is 44.0 Å². The molecule has 1 aliphatic rings. The summed E-state index contributed by atoms with van der Waals surface area (Å²) in [5.41, 5.74) is 7.73. The minimum absolute atomic E-state index is 0.0725. The number of hydrogen-bond acceptors (Lipinski definition) is 3. The lowest BCUT2D eigenvalue weighted by Gasteiger charge is -2.26. The molecule has 1 aromatic carbocycles. The predicted molar refractivity (Wildman–Crippen MR) is 94.9 cm³/mol. The summed E-state index contributed by atoms with van der Waals surface area (Å²) in [5.74, 6) is -0.0725. The van der Waals surface area contributed by atoms with Crippen LogP contribution in [0.5, 0.6) is 0 Å². The molecule has 0 aromatic heterocycles. The van der Waals surface area contributed by atoms with E-state index in [1.165, 1.54) is 37.9 Å². The lowest BCUT2D eigenvalue weighted by atomic mass is 9.96. The quantitative estimate of drug-likeness (QED) is 0.813. The normalized spacial score (nSPS) is 18.4. The van der Waals surface area contributed by atoms with Gasteiger partial charge in [-0.3, -0.25) is 9.69 Å². The van der Waals surface area contributed by atoms with E-state index in [-0.39, 0.29) is 5.91 Å². The first-order valence-electron chi connectivity index (χ1n) is 8.88. The highest BCUT2D eigenvalue weighted by atomic mass is 16.2. The second kappa shape index (κ2) is 8.46. The number of amides is 1. The molecule has 1 heterocycles. The van der Waals surface area contributed by atoms with E-state index < -0.39 is 5.54 Å². The van der Waals surface area contributed by atoms with E-state index in [2.05, 4.69) is 34.5 Å². The number of carbonyl (C=O) groups is 1. The van der Waals surface area contributed by atoms with E-state index in [1.54, 1.807) is 6.92 Å². The maximum atomic E-state index is 12.1. The van der Waals surface area contributed by atoms with Crippen LogP contribution in [0.1, 0.15) is 57.1 Å². The fourth-order valence-electron chi connectivity index (χ4n) is 3.16. The van der Waals surface area contributed by atoms with Crippen LogP contribution in [0.15, 0.2) is 24.3 Å². The maximum Gasteiger partial charge on any atom is 0.240 e. The standard InChI is InChI=1S/C19H31N3O/c1-3-11-19(2,20)18(23)21-14-16-7-9-17(10-8-16)15-22-12-5-4-6-13-22/h7-10H,3-6,11-15,20H2,1-2H3,(H,21,23). The molecule has 0 aliphatic carbocycles. The first kappa shape index (κ1) is 18.0. The number of benzene rings is 1. The van der Waals surface area contributed by atoms with E-state index in [4.69, 9.17) is 5.73 Å². The summed E-state index contributed by atoms with van der Waals surface area (Å²) in [6.07, 6.45) is 5.62. The summed E-state index contributed by atoms with van der Waals surface area (Å²) < 4.78 is 0. The Morgan fingerprint density at radius 1 is 1.17 bits per heavy atom. The molecular formula is C19H31N3O. The highest BCUT2D eigenvalue weighted by Gasteiger charge is 2.26. The lowest BCUT2D eigenvalue weighted by Crippen LogP contribution is -2.51. The first-order chi connectivity index (χ1) is 11.0. The van der Waals surface area contributed by atoms with E-state index in [9.17, 15) is 4.79 Å². The molecule has 1 amide bonds. The number of nitrogens with zero attached hydrogens (tertiary/aromatic N) is 1. The largest absolute Gasteiger partial charge is 0.350 e. The molecule has 1 aliphatic heterocycles. The molecule has 0 spiro atoms. The third-order valence-electron chi connectivity index (χ3n) is 4.62. The summed E-state index contributed by atoms with van der Waals surface area (Å²) in [6, 6.07) is 8.55. The van der Waals surface area contributed by atoms with Gasteiger partial charge in [0, 0.05) is 13.1 Å². The third-order valence-corrected chi connectivity index (χ3v) is 4.62. The van der Waals surface area contributed by atoms with Crippen molar-refractivity contribution in [3.63, 3.8) is 0 Å². The fourth-order valence-corrected chi connectivity index (χ4v) is 3.16. The zero-order valence-corrected chi connectivity index (χ0v) is 14.6. The van der Waals surface area contributed by atoms with Gasteiger partial charge in [0.25, 0.3) is 0 Å². The molecule has 1 unspecified atom stereocenters. The van der Waals surface area contributed by atoms with Crippen molar-refractivity contribution in [2.24, 2.45) is 5.73 Å². The minimum atomic E-state index is -0.775. The molecular weight excluding hydrogens is 286 g/mol. The van der Waals surface area contributed by atoms with Crippen molar-refractivity contribution in [3.05, 3.63) is 35.4 Å². The molecule has 0 radical (unpaired) electrons. The summed E-state index contributed by atoms with van der Waals surface area (Å²) >= 11 is 0. The van der Waals surface area contributed by atoms with E-state index in [1.807, 2.05) is 6.92 Å². The van der Waals surface area contributed by atoms with E-state index in [0.29, 0.717) is 13.0 Å². The average molecular weight is 317 g/mol. The van der Waals surface area contributed by atoms with Gasteiger partial charge in [-0.25, -0.2) is 0 Å². The second-order valence-corrected chi connectivity index (χ2v) is 7.00. The average Bonchev–Trinajstić information content (AvgIpc) is 2.55. The molecule has 1 fully saturated rings. The van der Waals surface area contributed by atoms with Crippen LogP contribution in [-0.2, 0) is 17.9 Å². The van der Waals surface area contributed by atoms with Crippen LogP contribution >= 0.6 is 0 Å². The molecule has 0 saturated carbocycles. The minimum Gasteiger partial charge on any atom is -0.350 e. The molecule has 23 heavy (non-hydrogen) atoms. The molecule has 1 saturated heterocycles. The summed E-state index contributed by atoms with van der Waals surface area (Å²) in [6.45, 7) is 7.84. The zero-order chi connectivity index (χ0) is 16.7. The van der Waals surface area contributed by atoms with Gasteiger partial charge >= 0.3 is 0 Å². The molecule has 4 heteroatoms. The van der Waals surface area contributed by atoms with Crippen LogP contribution < -0.4 is 11.1 Å². The Kier molecular flexibility index (Phi) is 6.60. The number of nitrogens with one attached hydrogen (secondary N) is 1. The van der Waals surface area contributed by atoms with Gasteiger partial charge in [-0.15, -0.1) is 0 Å². The Hall–Kier alpha value is -1.39. The summed E-state index contributed by atoms with van der Waals surface area (Å²) in [4.78, 5) is 14.6. The van der Waals surface area contributed by atoms with Gasteiger partial charge in [0.2, 0.25) is 5.91 Å². The Morgan fingerprint density at radius 3 is 2.39 bits per heavy atom. The number of rotatable bonds is 7. The molecule has 2 rings (SSSR count). The van der Waals surface area contributed by atoms with Gasteiger partial charge in [-0.2, -0.15) is 0 Å². The molecule has 128 valence electrons. The van der Waals surface area contributed by atoms with E-state index >= 15 is 0 Å². The van der Waals surface area contributed by atoms with Crippen LogP contribution in [0.4, 0.5) is 0 Å². The van der Waals surface area contributed by atoms with Gasteiger partial charge in [0.1, 0.15) is 0 Å². The van der Waals surface area contributed by atoms with Gasteiger partial charge in [0.05, 0.1) is 5.54 Å². The number of carbonyl (C=O) groups excluding carboxylic acids is 1. The van der Waals surface area contributed by atoms with E-state index in [0.717, 1.165) is 18.5 Å². The van der Waals surface area contributed by atoms with Gasteiger partial charge in [0.15, 0.2) is 0 Å². The highest BCUT2D eigenvalue weighted by Crippen LogP contribution is 2.14. The topological polar surface area (TPSA) is 58.4 Å². The van der Waals surface area contributed by atoms with Crippen molar-refractivity contribution in [1.29, 1.82) is 0 Å². The molecule has 3 N–H and O–H groups in total. The Labute approximate surface area is 140 Å². The molecule has 1 atom stereocenters. The van der Waals surface area contributed by atoms with Crippen LogP contribution in [0.3, 0.4) is 0 Å². The molecule has 0 bridgehead atoms. The van der Waals surface area contributed by atoms with Crippen molar-refractivity contribution in [2.75, 3.05) is 13.1 Å². The van der Waals surface area contributed by atoms with Crippen molar-refractivity contribution in [2.45, 2.75) is 64.6 Å². The lowest BCUT2D eigenvalue weighted by molar-refractivity contribution is -0.126. The predicted octanol–water partition coefficient (Wildman–Crippen LogP) is 2.81. The molecule has 1 aromatic rings. The van der Waals surface area contributed by atoms with Gasteiger partial charge < -0.3 is 11.1 Å². The summed E-state index contributed by atoms with van der Waals surface area (Å²) in [5, 5.41) is 2.95. The van der Waals surface area contributed by atoms with Crippen molar-refractivity contribution in [1.82, 2.24) is 10.2 Å². The van der Waals surface area contributed by atoms with Crippen molar-refractivity contribution < 1.29 is 4.79 Å². The SMILES string of the molecule is CCCC(C)(N)C(=O)NCc1ccc(CN2CCCCC2)cc1. The number of likely N-dealkylation sites (tertiary alicyclic amines) is 1. The van der Waals surface area contributed by atoms with Crippen LogP contribution in [0.2, 0.25) is 0 Å². The van der Waals surface area contributed by atoms with Crippen molar-refractivity contribution in [3.8, 4) is 0 Å². The Morgan fingerprint density at radius 2 is 1.78 bits per heavy atom. The third kappa shape index (κ3) is 5.63. The highest BCUT2D eigenvalue weighted by molar-refractivity contribution is 5.85. The van der Waals surface area contributed by atoms with Crippen LogP contribution in [0, 0.1) is 0 Å². The fraction of sp³-hybridized carbons (Fsp3) is 0.632. The number of piperidine rings is 1.